The minimum atomic E-state index is -4.46. The van der Waals surface area contributed by atoms with Crippen molar-refractivity contribution in [1.82, 2.24) is 0 Å². The van der Waals surface area contributed by atoms with Crippen LogP contribution in [0.3, 0.4) is 0 Å². The van der Waals surface area contributed by atoms with Crippen molar-refractivity contribution in [2.75, 3.05) is 0 Å². The average Bonchev–Trinajstić information content (AvgIpc) is 3.28. The molecule has 0 spiro atoms. The van der Waals surface area contributed by atoms with Gasteiger partial charge in [0.1, 0.15) is 0 Å². The first-order chi connectivity index (χ1) is 19.5. The SMILES string of the molecule is Cc1ccc2c3c(cccc13)-c1c-2c(-c2ccc(C(F)(F)F)cc2)c2ccccc2c1-c1ccc(C(F)(F)F)cc1. The van der Waals surface area contributed by atoms with Crippen LogP contribution in [0.4, 0.5) is 26.3 Å². The number of rotatable bonds is 2. The predicted octanol–water partition coefficient (Wildman–Crippen LogP) is 11.3. The molecule has 0 N–H and O–H groups in total. The van der Waals surface area contributed by atoms with Crippen molar-refractivity contribution in [1.29, 1.82) is 0 Å². The van der Waals surface area contributed by atoms with Gasteiger partial charge >= 0.3 is 12.4 Å². The molecule has 41 heavy (non-hydrogen) atoms. The zero-order valence-electron chi connectivity index (χ0n) is 21.6. The Hall–Kier alpha value is -4.58. The Morgan fingerprint density at radius 3 is 1.32 bits per heavy atom. The zero-order valence-corrected chi connectivity index (χ0v) is 21.6. The smallest absolute Gasteiger partial charge is 0.166 e. The minimum Gasteiger partial charge on any atom is -0.166 e. The van der Waals surface area contributed by atoms with Gasteiger partial charge in [0.2, 0.25) is 0 Å². The molecule has 0 amide bonds. The molecule has 0 saturated carbocycles. The maximum Gasteiger partial charge on any atom is 0.416 e. The number of benzene rings is 6. The van der Waals surface area contributed by atoms with E-state index >= 15 is 0 Å². The summed E-state index contributed by atoms with van der Waals surface area (Å²) in [5.74, 6) is 0. The van der Waals surface area contributed by atoms with E-state index in [2.05, 4.69) is 0 Å². The number of hydrogen-bond acceptors (Lipinski definition) is 0. The molecule has 6 aromatic carbocycles. The van der Waals surface area contributed by atoms with E-state index in [0.29, 0.717) is 11.1 Å². The topological polar surface area (TPSA) is 0 Å². The molecule has 202 valence electrons. The molecule has 6 heteroatoms. The van der Waals surface area contributed by atoms with Gasteiger partial charge in [-0.25, -0.2) is 0 Å². The number of alkyl halides is 6. The van der Waals surface area contributed by atoms with Gasteiger partial charge in [0, 0.05) is 0 Å². The van der Waals surface area contributed by atoms with Gasteiger partial charge in [0.15, 0.2) is 0 Å². The van der Waals surface area contributed by atoms with Crippen molar-refractivity contribution >= 4 is 21.5 Å². The standard InChI is InChI=1S/C35H20F6/c1-19-9-18-28-31-24(19)7-4-8-27(31)32-29(20-10-14-22(15-11-20)34(36,37)38)25-5-2-3-6-26(25)30(33(28)32)21-12-16-23(17-13-21)35(39,40)41/h2-18H,1H3. The third-order valence-electron chi connectivity index (χ3n) is 8.01. The van der Waals surface area contributed by atoms with E-state index in [-0.39, 0.29) is 0 Å². The molecule has 7 rings (SSSR count). The zero-order chi connectivity index (χ0) is 28.7. The Morgan fingerprint density at radius 2 is 0.854 bits per heavy atom. The first-order valence-electron chi connectivity index (χ1n) is 13.0. The highest BCUT2D eigenvalue weighted by atomic mass is 19.4. The Labute approximate surface area is 231 Å². The minimum absolute atomic E-state index is 0.631. The summed E-state index contributed by atoms with van der Waals surface area (Å²) in [5.41, 5.74) is 6.09. The van der Waals surface area contributed by atoms with Crippen LogP contribution in [0, 0.1) is 6.92 Å². The number of aryl methyl sites for hydroxylation is 1. The molecule has 6 aromatic rings. The normalized spacial score (nSPS) is 12.8. The summed E-state index contributed by atoms with van der Waals surface area (Å²) in [7, 11) is 0. The summed E-state index contributed by atoms with van der Waals surface area (Å²) in [6.07, 6.45) is -8.93. The second kappa shape index (κ2) is 8.71. The Kier molecular flexibility index (Phi) is 5.39. The van der Waals surface area contributed by atoms with Crippen molar-refractivity contribution < 1.29 is 26.3 Å². The van der Waals surface area contributed by atoms with Crippen molar-refractivity contribution in [3.63, 3.8) is 0 Å². The second-order valence-electron chi connectivity index (χ2n) is 10.4. The fourth-order valence-corrected chi connectivity index (χ4v) is 6.20. The maximum absolute atomic E-state index is 13.4. The summed E-state index contributed by atoms with van der Waals surface area (Å²) in [6, 6.07) is 28.0. The molecule has 0 aliphatic heterocycles. The Balaban J connectivity index is 1.63. The summed E-state index contributed by atoms with van der Waals surface area (Å²) >= 11 is 0. The van der Waals surface area contributed by atoms with Gasteiger partial charge < -0.3 is 0 Å². The lowest BCUT2D eigenvalue weighted by Gasteiger charge is -2.21. The Bertz CT molecular complexity index is 1880. The summed E-state index contributed by atoms with van der Waals surface area (Å²) < 4.78 is 80.6. The largest absolute Gasteiger partial charge is 0.416 e. The quantitative estimate of drug-likeness (QED) is 0.187. The van der Waals surface area contributed by atoms with E-state index in [1.54, 1.807) is 0 Å². The summed E-state index contributed by atoms with van der Waals surface area (Å²) in [4.78, 5) is 0. The molecule has 1 aliphatic carbocycles. The van der Waals surface area contributed by atoms with Crippen molar-refractivity contribution in [3.05, 3.63) is 120 Å². The van der Waals surface area contributed by atoms with Crippen LogP contribution in [0.15, 0.2) is 103 Å². The van der Waals surface area contributed by atoms with Crippen molar-refractivity contribution in [2.45, 2.75) is 19.3 Å². The van der Waals surface area contributed by atoms with Crippen molar-refractivity contribution in [2.24, 2.45) is 0 Å². The van der Waals surface area contributed by atoms with E-state index in [1.165, 1.54) is 24.3 Å². The van der Waals surface area contributed by atoms with Crippen LogP contribution in [-0.2, 0) is 12.4 Å². The average molecular weight is 555 g/mol. The molecule has 0 fully saturated rings. The molecule has 0 saturated heterocycles. The van der Waals surface area contributed by atoms with Gasteiger partial charge in [-0.05, 0) is 103 Å². The third kappa shape index (κ3) is 3.85. The highest BCUT2D eigenvalue weighted by Gasteiger charge is 2.34. The van der Waals surface area contributed by atoms with Gasteiger partial charge in [0.25, 0.3) is 0 Å². The van der Waals surface area contributed by atoms with E-state index < -0.39 is 23.5 Å². The highest BCUT2D eigenvalue weighted by molar-refractivity contribution is 6.27. The van der Waals surface area contributed by atoms with Crippen molar-refractivity contribution in [3.8, 4) is 44.5 Å². The van der Waals surface area contributed by atoms with Crippen LogP contribution in [0.2, 0.25) is 0 Å². The van der Waals surface area contributed by atoms with E-state index in [0.717, 1.165) is 84.8 Å². The van der Waals surface area contributed by atoms with Gasteiger partial charge in [-0.15, -0.1) is 0 Å². The summed E-state index contributed by atoms with van der Waals surface area (Å²) in [6.45, 7) is 2.02. The van der Waals surface area contributed by atoms with E-state index in [4.69, 9.17) is 0 Å². The Morgan fingerprint density at radius 1 is 0.415 bits per heavy atom. The lowest BCUT2D eigenvalue weighted by atomic mass is 9.82. The molecule has 0 aromatic heterocycles. The molecule has 0 atom stereocenters. The molecule has 0 bridgehead atoms. The fraction of sp³-hybridized carbons (Fsp3) is 0.0857. The lowest BCUT2D eigenvalue weighted by molar-refractivity contribution is -0.138. The van der Waals surface area contributed by atoms with Crippen LogP contribution in [0.1, 0.15) is 16.7 Å². The number of fused-ring (bicyclic) bond motifs is 4. The molecule has 1 aliphatic rings. The first kappa shape index (κ1) is 25.4. The third-order valence-corrected chi connectivity index (χ3v) is 8.01. The molecule has 0 unspecified atom stereocenters. The van der Waals surface area contributed by atoms with Gasteiger partial charge in [0.05, 0.1) is 11.1 Å². The molecular weight excluding hydrogens is 534 g/mol. The van der Waals surface area contributed by atoms with Gasteiger partial charge in [-0.1, -0.05) is 78.9 Å². The second-order valence-corrected chi connectivity index (χ2v) is 10.4. The first-order valence-corrected chi connectivity index (χ1v) is 13.0. The fourth-order valence-electron chi connectivity index (χ4n) is 6.20. The number of hydrogen-bond donors (Lipinski definition) is 0. The molecule has 0 radical (unpaired) electrons. The monoisotopic (exact) mass is 554 g/mol. The predicted molar refractivity (Wildman–Crippen MR) is 151 cm³/mol. The molecular formula is C35H20F6. The number of halogens is 6. The maximum atomic E-state index is 13.4. The van der Waals surface area contributed by atoms with Gasteiger partial charge in [-0.3, -0.25) is 0 Å². The lowest BCUT2D eigenvalue weighted by Crippen LogP contribution is -2.04. The molecule has 0 heterocycles. The van der Waals surface area contributed by atoms with Crippen LogP contribution in [0.25, 0.3) is 66.1 Å². The van der Waals surface area contributed by atoms with Gasteiger partial charge in [-0.2, -0.15) is 26.3 Å². The highest BCUT2D eigenvalue weighted by Crippen LogP contribution is 2.58. The van der Waals surface area contributed by atoms with E-state index in [9.17, 15) is 26.3 Å². The summed E-state index contributed by atoms with van der Waals surface area (Å²) in [5, 5.41) is 3.70. The van der Waals surface area contributed by atoms with Crippen LogP contribution in [-0.4, -0.2) is 0 Å². The van der Waals surface area contributed by atoms with E-state index in [1.807, 2.05) is 61.5 Å². The van der Waals surface area contributed by atoms with Crippen LogP contribution in [0.5, 0.6) is 0 Å². The van der Waals surface area contributed by atoms with Crippen LogP contribution >= 0.6 is 0 Å². The van der Waals surface area contributed by atoms with Crippen LogP contribution < -0.4 is 0 Å². The molecule has 0 nitrogen and oxygen atoms in total.